The number of hydrogen-bond acceptors (Lipinski definition) is 5. The van der Waals surface area contributed by atoms with Crippen LogP contribution in [-0.4, -0.2) is 53.7 Å². The first-order chi connectivity index (χ1) is 9.56. The molecule has 1 aliphatic heterocycles. The Kier molecular flexibility index (Phi) is 5.37. The molecule has 20 heavy (non-hydrogen) atoms. The van der Waals surface area contributed by atoms with Crippen molar-refractivity contribution in [2.24, 2.45) is 0 Å². The van der Waals surface area contributed by atoms with Crippen LogP contribution in [0.4, 0.5) is 5.13 Å². The zero-order valence-corrected chi connectivity index (χ0v) is 13.1. The fourth-order valence-corrected chi connectivity index (χ4v) is 3.35. The molecule has 0 bridgehead atoms. The molecular weight excluding hydrogens is 274 g/mol. The summed E-state index contributed by atoms with van der Waals surface area (Å²) in [5, 5.41) is 9.85. The number of likely N-dealkylation sites (tertiary alicyclic amines) is 1. The van der Waals surface area contributed by atoms with E-state index < -0.39 is 5.97 Å². The highest BCUT2D eigenvalue weighted by Gasteiger charge is 2.17. The highest BCUT2D eigenvalue weighted by molar-refractivity contribution is 7.15. The topological polar surface area (TPSA) is 56.7 Å². The predicted molar refractivity (Wildman–Crippen MR) is 81.7 cm³/mol. The molecule has 5 nitrogen and oxygen atoms in total. The standard InChI is InChI=1S/C14H23N3O2S/c1-11-12(2)20-14(15-11)17(8-5-13(18)19)10-9-16-6-3-4-7-16/h3-10H2,1-2H3,(H,18,19). The minimum Gasteiger partial charge on any atom is -0.481 e. The van der Waals surface area contributed by atoms with Crippen LogP contribution in [-0.2, 0) is 4.79 Å². The molecule has 112 valence electrons. The highest BCUT2D eigenvalue weighted by Crippen LogP contribution is 2.25. The van der Waals surface area contributed by atoms with Crippen LogP contribution in [0.25, 0.3) is 0 Å². The van der Waals surface area contributed by atoms with Crippen molar-refractivity contribution in [1.82, 2.24) is 9.88 Å². The van der Waals surface area contributed by atoms with Gasteiger partial charge in [-0.3, -0.25) is 4.79 Å². The summed E-state index contributed by atoms with van der Waals surface area (Å²) >= 11 is 1.66. The van der Waals surface area contributed by atoms with Crippen molar-refractivity contribution in [2.45, 2.75) is 33.1 Å². The largest absolute Gasteiger partial charge is 0.481 e. The number of carboxylic acids is 1. The number of aliphatic carboxylic acids is 1. The van der Waals surface area contributed by atoms with Gasteiger partial charge >= 0.3 is 5.97 Å². The lowest BCUT2D eigenvalue weighted by atomic mass is 10.4. The Balaban J connectivity index is 1.97. The molecule has 1 fully saturated rings. The zero-order valence-electron chi connectivity index (χ0n) is 12.3. The van der Waals surface area contributed by atoms with Gasteiger partial charge in [-0.25, -0.2) is 4.98 Å². The third kappa shape index (κ3) is 4.18. The molecule has 1 saturated heterocycles. The normalized spacial score (nSPS) is 15.7. The van der Waals surface area contributed by atoms with Crippen LogP contribution >= 0.6 is 11.3 Å². The summed E-state index contributed by atoms with van der Waals surface area (Å²) in [6.07, 6.45) is 2.73. The Labute approximate surface area is 124 Å². The van der Waals surface area contributed by atoms with Gasteiger partial charge in [-0.1, -0.05) is 0 Å². The van der Waals surface area contributed by atoms with Crippen LogP contribution in [0, 0.1) is 13.8 Å². The van der Waals surface area contributed by atoms with Crippen molar-refractivity contribution in [3.63, 3.8) is 0 Å². The minimum atomic E-state index is -0.749. The van der Waals surface area contributed by atoms with Crippen molar-refractivity contribution in [3.8, 4) is 0 Å². The second-order valence-corrected chi connectivity index (χ2v) is 6.50. The number of thiazole rings is 1. The highest BCUT2D eigenvalue weighted by atomic mass is 32.1. The molecule has 2 heterocycles. The SMILES string of the molecule is Cc1nc(N(CCC(=O)O)CCN2CCCC2)sc1C. The summed E-state index contributed by atoms with van der Waals surface area (Å²) in [7, 11) is 0. The van der Waals surface area contributed by atoms with E-state index in [1.54, 1.807) is 11.3 Å². The number of aryl methyl sites for hydroxylation is 2. The fourth-order valence-electron chi connectivity index (χ4n) is 2.39. The number of hydrogen-bond donors (Lipinski definition) is 1. The summed E-state index contributed by atoms with van der Waals surface area (Å²) in [6, 6.07) is 0. The summed E-state index contributed by atoms with van der Waals surface area (Å²) in [5.74, 6) is -0.749. The number of anilines is 1. The average Bonchev–Trinajstić information content (AvgIpc) is 3.00. The van der Waals surface area contributed by atoms with E-state index >= 15 is 0 Å². The second-order valence-electron chi connectivity index (χ2n) is 5.32. The Morgan fingerprint density at radius 1 is 1.35 bits per heavy atom. The molecule has 1 N–H and O–H groups in total. The molecule has 0 amide bonds. The van der Waals surface area contributed by atoms with Crippen molar-refractivity contribution in [1.29, 1.82) is 0 Å². The Bertz CT molecular complexity index is 436. The van der Waals surface area contributed by atoms with Crippen molar-refractivity contribution in [3.05, 3.63) is 10.6 Å². The molecule has 0 saturated carbocycles. The quantitative estimate of drug-likeness (QED) is 0.835. The van der Waals surface area contributed by atoms with Gasteiger partial charge in [-0.05, 0) is 39.8 Å². The molecule has 2 rings (SSSR count). The van der Waals surface area contributed by atoms with Crippen molar-refractivity contribution in [2.75, 3.05) is 37.6 Å². The van der Waals surface area contributed by atoms with Gasteiger partial charge in [0, 0.05) is 24.5 Å². The lowest BCUT2D eigenvalue weighted by molar-refractivity contribution is -0.136. The molecule has 1 aliphatic rings. The Morgan fingerprint density at radius 2 is 2.05 bits per heavy atom. The van der Waals surface area contributed by atoms with Gasteiger partial charge in [0.1, 0.15) is 0 Å². The van der Waals surface area contributed by atoms with E-state index in [0.29, 0.717) is 6.54 Å². The molecule has 0 radical (unpaired) electrons. The van der Waals surface area contributed by atoms with Gasteiger partial charge < -0.3 is 14.9 Å². The van der Waals surface area contributed by atoms with Crippen LogP contribution < -0.4 is 4.90 Å². The number of aromatic nitrogens is 1. The first-order valence-corrected chi connectivity index (χ1v) is 8.01. The minimum absolute atomic E-state index is 0.164. The predicted octanol–water partition coefficient (Wildman–Crippen LogP) is 2.14. The van der Waals surface area contributed by atoms with Gasteiger partial charge in [0.2, 0.25) is 0 Å². The van der Waals surface area contributed by atoms with E-state index in [1.807, 2.05) is 6.92 Å². The van der Waals surface area contributed by atoms with E-state index in [4.69, 9.17) is 5.11 Å². The van der Waals surface area contributed by atoms with Gasteiger partial charge in [0.05, 0.1) is 12.1 Å². The molecule has 0 aromatic carbocycles. The van der Waals surface area contributed by atoms with Crippen LogP contribution in [0.3, 0.4) is 0 Å². The van der Waals surface area contributed by atoms with E-state index in [2.05, 4.69) is 21.7 Å². The molecule has 0 aliphatic carbocycles. The van der Waals surface area contributed by atoms with Crippen molar-refractivity contribution >= 4 is 22.4 Å². The third-order valence-electron chi connectivity index (χ3n) is 3.77. The number of nitrogens with zero attached hydrogens (tertiary/aromatic N) is 3. The van der Waals surface area contributed by atoms with Gasteiger partial charge in [-0.2, -0.15) is 0 Å². The monoisotopic (exact) mass is 297 g/mol. The number of carboxylic acid groups (broad SMARTS) is 1. The fraction of sp³-hybridized carbons (Fsp3) is 0.714. The molecule has 0 spiro atoms. The lowest BCUT2D eigenvalue weighted by Gasteiger charge is -2.24. The third-order valence-corrected chi connectivity index (χ3v) is 4.90. The van der Waals surface area contributed by atoms with Gasteiger partial charge in [0.15, 0.2) is 5.13 Å². The summed E-state index contributed by atoms with van der Waals surface area (Å²) in [4.78, 5) is 21.2. The molecular formula is C14H23N3O2S. The summed E-state index contributed by atoms with van der Waals surface area (Å²) in [5.41, 5.74) is 1.05. The lowest BCUT2D eigenvalue weighted by Crippen LogP contribution is -2.35. The van der Waals surface area contributed by atoms with Crippen LogP contribution in [0.5, 0.6) is 0 Å². The second kappa shape index (κ2) is 7.04. The van der Waals surface area contributed by atoms with E-state index in [-0.39, 0.29) is 6.42 Å². The zero-order chi connectivity index (χ0) is 14.5. The Morgan fingerprint density at radius 3 is 2.60 bits per heavy atom. The maximum atomic E-state index is 10.8. The molecule has 6 heteroatoms. The van der Waals surface area contributed by atoms with E-state index in [1.165, 1.54) is 30.8 Å². The molecule has 1 aromatic rings. The maximum Gasteiger partial charge on any atom is 0.305 e. The van der Waals surface area contributed by atoms with Gasteiger partial charge in [0.25, 0.3) is 0 Å². The molecule has 1 aromatic heterocycles. The van der Waals surface area contributed by atoms with E-state index in [9.17, 15) is 4.79 Å². The number of rotatable bonds is 7. The van der Waals surface area contributed by atoms with Crippen molar-refractivity contribution < 1.29 is 9.90 Å². The molecule has 0 atom stereocenters. The maximum absolute atomic E-state index is 10.8. The summed E-state index contributed by atoms with van der Waals surface area (Å²) in [6.45, 7) is 8.80. The van der Waals surface area contributed by atoms with E-state index in [0.717, 1.165) is 23.9 Å². The first kappa shape index (κ1) is 15.3. The first-order valence-electron chi connectivity index (χ1n) is 7.19. The number of carbonyl (C=O) groups is 1. The smallest absolute Gasteiger partial charge is 0.305 e. The van der Waals surface area contributed by atoms with Crippen LogP contribution in [0.1, 0.15) is 29.8 Å². The summed E-state index contributed by atoms with van der Waals surface area (Å²) < 4.78 is 0. The Hall–Kier alpha value is -1.14. The average molecular weight is 297 g/mol. The van der Waals surface area contributed by atoms with Gasteiger partial charge in [-0.15, -0.1) is 11.3 Å². The molecule has 0 unspecified atom stereocenters. The van der Waals surface area contributed by atoms with Crippen LogP contribution in [0.2, 0.25) is 0 Å². The van der Waals surface area contributed by atoms with Crippen LogP contribution in [0.15, 0.2) is 0 Å².